The van der Waals surface area contributed by atoms with Crippen molar-refractivity contribution < 1.29 is 4.79 Å². The van der Waals surface area contributed by atoms with E-state index >= 15 is 0 Å². The van der Waals surface area contributed by atoms with Crippen molar-refractivity contribution >= 4 is 40.2 Å². The predicted molar refractivity (Wildman–Crippen MR) is 79.6 cm³/mol. The highest BCUT2D eigenvalue weighted by molar-refractivity contribution is 8.07. The molecule has 2 heterocycles. The van der Waals surface area contributed by atoms with Crippen molar-refractivity contribution in [3.05, 3.63) is 42.1 Å². The third-order valence-corrected chi connectivity index (χ3v) is 5.75. The molecule has 0 radical (unpaired) electrons. The molecule has 0 saturated carbocycles. The Bertz CT molecular complexity index is 579. The molecule has 1 atom stereocenters. The molecule has 0 bridgehead atoms. The van der Waals surface area contributed by atoms with Crippen molar-refractivity contribution in [2.24, 2.45) is 0 Å². The van der Waals surface area contributed by atoms with E-state index in [0.29, 0.717) is 0 Å². The Morgan fingerprint density at radius 2 is 2.22 bits per heavy atom. The summed E-state index contributed by atoms with van der Waals surface area (Å²) in [4.78, 5) is 16.7. The summed E-state index contributed by atoms with van der Waals surface area (Å²) >= 11 is 3.65. The number of carbonyl (C=O) groups is 1. The summed E-state index contributed by atoms with van der Waals surface area (Å²) in [7, 11) is 0. The highest BCUT2D eigenvalue weighted by atomic mass is 32.2. The Kier molecular flexibility index (Phi) is 3.57. The van der Waals surface area contributed by atoms with Crippen LogP contribution in [0.25, 0.3) is 10.9 Å². The number of aromatic nitrogens is 1. The Morgan fingerprint density at radius 3 is 3.06 bits per heavy atom. The first-order valence-electron chi connectivity index (χ1n) is 5.93. The quantitative estimate of drug-likeness (QED) is 0.787. The minimum absolute atomic E-state index is 0.116. The molecule has 1 unspecified atom stereocenters. The zero-order valence-electron chi connectivity index (χ0n) is 9.83. The van der Waals surface area contributed by atoms with Gasteiger partial charge in [-0.05, 0) is 12.1 Å². The fourth-order valence-corrected chi connectivity index (χ4v) is 4.68. The number of Topliss-reactive ketones (excluding diaryl/α,β-unsaturated/α-hetero) is 1. The Hall–Kier alpha value is -1.00. The molecular formula is C14H13NOS2. The van der Waals surface area contributed by atoms with Gasteiger partial charge in [0, 0.05) is 34.4 Å². The van der Waals surface area contributed by atoms with E-state index in [2.05, 4.69) is 4.98 Å². The first-order chi connectivity index (χ1) is 8.84. The number of fused-ring (bicyclic) bond motifs is 1. The maximum Gasteiger partial charge on any atom is 0.176 e. The molecule has 0 aliphatic carbocycles. The average Bonchev–Trinajstić information content (AvgIpc) is 2.47. The van der Waals surface area contributed by atoms with Crippen LogP contribution in [-0.4, -0.2) is 33.3 Å². The summed E-state index contributed by atoms with van der Waals surface area (Å²) in [5.74, 6) is 3.42. The van der Waals surface area contributed by atoms with E-state index in [0.717, 1.165) is 33.7 Å². The molecule has 4 heteroatoms. The van der Waals surface area contributed by atoms with Crippen LogP contribution in [-0.2, 0) is 0 Å². The van der Waals surface area contributed by atoms with Crippen LogP contribution >= 0.6 is 23.5 Å². The van der Waals surface area contributed by atoms with Gasteiger partial charge < -0.3 is 0 Å². The molecule has 2 aromatic rings. The van der Waals surface area contributed by atoms with Crippen molar-refractivity contribution in [1.82, 2.24) is 4.98 Å². The van der Waals surface area contributed by atoms with Crippen LogP contribution in [0.4, 0.5) is 0 Å². The van der Waals surface area contributed by atoms with E-state index in [1.54, 1.807) is 18.0 Å². The Morgan fingerprint density at radius 1 is 1.28 bits per heavy atom. The second kappa shape index (κ2) is 5.33. The van der Waals surface area contributed by atoms with Gasteiger partial charge in [0.05, 0.1) is 10.8 Å². The third kappa shape index (κ3) is 2.40. The lowest BCUT2D eigenvalue weighted by Crippen LogP contribution is -2.24. The fourth-order valence-electron chi connectivity index (χ4n) is 2.04. The van der Waals surface area contributed by atoms with Gasteiger partial charge in [0.15, 0.2) is 5.78 Å². The van der Waals surface area contributed by atoms with Crippen molar-refractivity contribution in [1.29, 1.82) is 0 Å². The second-order valence-electron chi connectivity index (χ2n) is 4.21. The normalized spacial score (nSPS) is 19.9. The minimum atomic E-state index is 0.116. The SMILES string of the molecule is O=C(c1ccc2cccnc2c1)C1CSCCS1. The zero-order valence-corrected chi connectivity index (χ0v) is 11.5. The number of nitrogens with zero attached hydrogens (tertiary/aromatic N) is 1. The summed E-state index contributed by atoms with van der Waals surface area (Å²) in [5.41, 5.74) is 1.69. The predicted octanol–water partition coefficient (Wildman–Crippen LogP) is 3.27. The topological polar surface area (TPSA) is 30.0 Å². The van der Waals surface area contributed by atoms with Crippen LogP contribution < -0.4 is 0 Å². The fraction of sp³-hybridized carbons (Fsp3) is 0.286. The van der Waals surface area contributed by atoms with E-state index in [4.69, 9.17) is 0 Å². The Balaban J connectivity index is 1.91. The monoisotopic (exact) mass is 275 g/mol. The Labute approximate surface area is 115 Å². The van der Waals surface area contributed by atoms with Gasteiger partial charge in [-0.3, -0.25) is 9.78 Å². The van der Waals surface area contributed by atoms with Gasteiger partial charge in [0.2, 0.25) is 0 Å². The molecule has 0 spiro atoms. The van der Waals surface area contributed by atoms with Gasteiger partial charge in [0.1, 0.15) is 0 Å². The van der Waals surface area contributed by atoms with Crippen LogP contribution in [0.2, 0.25) is 0 Å². The molecule has 2 nitrogen and oxygen atoms in total. The highest BCUT2D eigenvalue weighted by Crippen LogP contribution is 2.27. The third-order valence-electron chi connectivity index (χ3n) is 3.00. The molecule has 1 aromatic carbocycles. The molecule has 1 aliphatic rings. The second-order valence-corrected chi connectivity index (χ2v) is 6.67. The maximum atomic E-state index is 12.4. The van der Waals surface area contributed by atoms with Crippen molar-refractivity contribution in [3.63, 3.8) is 0 Å². The molecule has 92 valence electrons. The molecule has 1 aliphatic heterocycles. The molecule has 1 aromatic heterocycles. The number of thioether (sulfide) groups is 2. The van der Waals surface area contributed by atoms with Crippen LogP contribution in [0.3, 0.4) is 0 Å². The summed E-state index contributed by atoms with van der Waals surface area (Å²) in [6.45, 7) is 0. The summed E-state index contributed by atoms with van der Waals surface area (Å²) in [5, 5.41) is 1.20. The smallest absolute Gasteiger partial charge is 0.176 e. The van der Waals surface area contributed by atoms with Gasteiger partial charge in [-0.25, -0.2) is 0 Å². The number of pyridine rings is 1. The lowest BCUT2D eigenvalue weighted by atomic mass is 10.1. The number of hydrogen-bond donors (Lipinski definition) is 0. The van der Waals surface area contributed by atoms with Crippen LogP contribution in [0.15, 0.2) is 36.5 Å². The first-order valence-corrected chi connectivity index (χ1v) is 8.13. The molecular weight excluding hydrogens is 262 g/mol. The molecule has 3 rings (SSSR count). The summed E-state index contributed by atoms with van der Waals surface area (Å²) in [6.07, 6.45) is 1.77. The first kappa shape index (κ1) is 12.1. The van der Waals surface area contributed by atoms with Crippen molar-refractivity contribution in [3.8, 4) is 0 Å². The average molecular weight is 275 g/mol. The van der Waals surface area contributed by atoms with E-state index in [-0.39, 0.29) is 11.0 Å². The van der Waals surface area contributed by atoms with Crippen molar-refractivity contribution in [2.45, 2.75) is 5.25 Å². The summed E-state index contributed by atoms with van der Waals surface area (Å²) in [6, 6.07) is 9.75. The number of rotatable bonds is 2. The largest absolute Gasteiger partial charge is 0.293 e. The molecule has 0 amide bonds. The minimum Gasteiger partial charge on any atom is -0.293 e. The lowest BCUT2D eigenvalue weighted by molar-refractivity contribution is 0.0995. The maximum absolute atomic E-state index is 12.4. The molecule has 0 N–H and O–H groups in total. The van der Waals surface area contributed by atoms with E-state index < -0.39 is 0 Å². The lowest BCUT2D eigenvalue weighted by Gasteiger charge is -2.19. The molecule has 1 fully saturated rings. The van der Waals surface area contributed by atoms with Crippen LogP contribution in [0.1, 0.15) is 10.4 Å². The number of carbonyl (C=O) groups excluding carboxylic acids is 1. The molecule has 18 heavy (non-hydrogen) atoms. The number of benzene rings is 1. The van der Waals surface area contributed by atoms with Gasteiger partial charge in [-0.1, -0.05) is 18.2 Å². The van der Waals surface area contributed by atoms with E-state index in [9.17, 15) is 4.79 Å². The zero-order chi connectivity index (χ0) is 12.4. The van der Waals surface area contributed by atoms with Gasteiger partial charge in [0.25, 0.3) is 0 Å². The van der Waals surface area contributed by atoms with Gasteiger partial charge in [-0.2, -0.15) is 11.8 Å². The number of ketones is 1. The standard InChI is InChI=1S/C14H13NOS2/c16-14(13-9-17-6-7-18-13)11-4-3-10-2-1-5-15-12(10)8-11/h1-5,8,13H,6-7,9H2. The van der Waals surface area contributed by atoms with Crippen LogP contribution in [0, 0.1) is 0 Å². The highest BCUT2D eigenvalue weighted by Gasteiger charge is 2.23. The summed E-state index contributed by atoms with van der Waals surface area (Å²) < 4.78 is 0. The van der Waals surface area contributed by atoms with Gasteiger partial charge >= 0.3 is 0 Å². The molecule has 1 saturated heterocycles. The van der Waals surface area contributed by atoms with E-state index in [1.165, 1.54) is 0 Å². The van der Waals surface area contributed by atoms with Crippen molar-refractivity contribution in [2.75, 3.05) is 17.3 Å². The van der Waals surface area contributed by atoms with Gasteiger partial charge in [-0.15, -0.1) is 11.8 Å². The van der Waals surface area contributed by atoms with E-state index in [1.807, 2.05) is 42.1 Å². The van der Waals surface area contributed by atoms with Crippen LogP contribution in [0.5, 0.6) is 0 Å². The number of hydrogen-bond acceptors (Lipinski definition) is 4.